The molecular formula is C20H42O3. The molecule has 0 aromatic rings. The van der Waals surface area contributed by atoms with E-state index in [2.05, 4.69) is 41.5 Å². The summed E-state index contributed by atoms with van der Waals surface area (Å²) in [7, 11) is 0. The average Bonchev–Trinajstić information content (AvgIpc) is 2.47. The van der Waals surface area contributed by atoms with E-state index >= 15 is 0 Å². The summed E-state index contributed by atoms with van der Waals surface area (Å²) in [6, 6.07) is 0. The van der Waals surface area contributed by atoms with Crippen LogP contribution in [0, 0.1) is 5.92 Å². The molecular weight excluding hydrogens is 288 g/mol. The zero-order chi connectivity index (χ0) is 17.7. The second-order valence-corrected chi connectivity index (χ2v) is 7.26. The third kappa shape index (κ3) is 9.69. The molecule has 0 aliphatic rings. The van der Waals surface area contributed by atoms with E-state index in [0.29, 0.717) is 0 Å². The van der Waals surface area contributed by atoms with Gasteiger partial charge in [-0.1, -0.05) is 52.4 Å². The Bertz CT molecular complexity index is 254. The SMILES string of the molecule is CCCCCCCCC(CCO)C(CC)(OC(C)C)OC(C)C. The molecule has 0 saturated carbocycles. The largest absolute Gasteiger partial charge is 0.396 e. The summed E-state index contributed by atoms with van der Waals surface area (Å²) in [6.07, 6.45) is 10.6. The van der Waals surface area contributed by atoms with E-state index in [0.717, 1.165) is 19.3 Å². The monoisotopic (exact) mass is 330 g/mol. The summed E-state index contributed by atoms with van der Waals surface area (Å²) in [4.78, 5) is 0. The molecule has 0 aliphatic heterocycles. The molecule has 0 aromatic carbocycles. The third-order valence-electron chi connectivity index (χ3n) is 4.37. The van der Waals surface area contributed by atoms with Crippen molar-refractivity contribution in [3.05, 3.63) is 0 Å². The zero-order valence-electron chi connectivity index (χ0n) is 16.6. The summed E-state index contributed by atoms with van der Waals surface area (Å²) in [5, 5.41) is 9.53. The van der Waals surface area contributed by atoms with Crippen molar-refractivity contribution >= 4 is 0 Å². The van der Waals surface area contributed by atoms with Gasteiger partial charge in [-0.3, -0.25) is 0 Å². The minimum atomic E-state index is -0.561. The van der Waals surface area contributed by atoms with Crippen LogP contribution in [-0.4, -0.2) is 29.7 Å². The van der Waals surface area contributed by atoms with Crippen LogP contribution in [0.3, 0.4) is 0 Å². The zero-order valence-corrected chi connectivity index (χ0v) is 16.6. The lowest BCUT2D eigenvalue weighted by Gasteiger charge is -2.42. The fourth-order valence-corrected chi connectivity index (χ4v) is 3.38. The molecule has 0 spiro atoms. The van der Waals surface area contributed by atoms with Gasteiger partial charge in [0.25, 0.3) is 0 Å². The van der Waals surface area contributed by atoms with Crippen LogP contribution in [0.2, 0.25) is 0 Å². The molecule has 0 amide bonds. The molecule has 3 nitrogen and oxygen atoms in total. The lowest BCUT2D eigenvalue weighted by molar-refractivity contribution is -0.300. The first-order valence-corrected chi connectivity index (χ1v) is 9.88. The first kappa shape index (κ1) is 22.9. The van der Waals surface area contributed by atoms with Gasteiger partial charge in [-0.25, -0.2) is 0 Å². The van der Waals surface area contributed by atoms with Crippen LogP contribution >= 0.6 is 0 Å². The lowest BCUT2D eigenvalue weighted by atomic mass is 9.87. The van der Waals surface area contributed by atoms with E-state index in [1.807, 2.05) is 0 Å². The van der Waals surface area contributed by atoms with Crippen molar-refractivity contribution in [1.29, 1.82) is 0 Å². The summed E-state index contributed by atoms with van der Waals surface area (Å²) >= 11 is 0. The molecule has 140 valence electrons. The van der Waals surface area contributed by atoms with E-state index in [9.17, 15) is 5.11 Å². The molecule has 0 aliphatic carbocycles. The minimum absolute atomic E-state index is 0.124. The Morgan fingerprint density at radius 3 is 1.74 bits per heavy atom. The molecule has 1 unspecified atom stereocenters. The number of ether oxygens (including phenoxy) is 2. The van der Waals surface area contributed by atoms with E-state index < -0.39 is 5.79 Å². The maximum Gasteiger partial charge on any atom is 0.171 e. The molecule has 0 aromatic heterocycles. The molecule has 3 heteroatoms. The van der Waals surface area contributed by atoms with Gasteiger partial charge in [0, 0.05) is 12.5 Å². The van der Waals surface area contributed by atoms with E-state index in [-0.39, 0.29) is 24.7 Å². The first-order chi connectivity index (χ1) is 10.9. The molecule has 1 atom stereocenters. The van der Waals surface area contributed by atoms with Crippen molar-refractivity contribution < 1.29 is 14.6 Å². The molecule has 0 heterocycles. The van der Waals surface area contributed by atoms with Crippen molar-refractivity contribution in [3.63, 3.8) is 0 Å². The van der Waals surface area contributed by atoms with Crippen LogP contribution < -0.4 is 0 Å². The molecule has 0 saturated heterocycles. The Kier molecular flexibility index (Phi) is 13.1. The third-order valence-corrected chi connectivity index (χ3v) is 4.37. The van der Waals surface area contributed by atoms with Crippen molar-refractivity contribution in [2.45, 2.75) is 117 Å². The number of hydrogen-bond acceptors (Lipinski definition) is 3. The topological polar surface area (TPSA) is 38.7 Å². The maximum atomic E-state index is 9.53. The summed E-state index contributed by atoms with van der Waals surface area (Å²) in [5.41, 5.74) is 0. The Morgan fingerprint density at radius 1 is 0.783 bits per heavy atom. The van der Waals surface area contributed by atoms with Gasteiger partial charge in [-0.2, -0.15) is 0 Å². The second kappa shape index (κ2) is 13.2. The van der Waals surface area contributed by atoms with Gasteiger partial charge in [-0.15, -0.1) is 0 Å². The fraction of sp³-hybridized carbons (Fsp3) is 1.00. The highest BCUT2D eigenvalue weighted by molar-refractivity contribution is 4.81. The standard InChI is InChI=1S/C20H42O3/c1-7-9-10-11-12-13-14-19(15-16-21)20(8-2,22-17(3)4)23-18(5)6/h17-19,21H,7-16H2,1-6H3. The Morgan fingerprint density at radius 2 is 1.30 bits per heavy atom. The van der Waals surface area contributed by atoms with Crippen LogP contribution in [0.4, 0.5) is 0 Å². The van der Waals surface area contributed by atoms with Crippen LogP contribution in [0.1, 0.15) is 99.3 Å². The Balaban J connectivity index is 4.76. The van der Waals surface area contributed by atoms with Crippen LogP contribution in [0.25, 0.3) is 0 Å². The maximum absolute atomic E-state index is 9.53. The highest BCUT2D eigenvalue weighted by atomic mass is 16.7. The number of aliphatic hydroxyl groups is 1. The minimum Gasteiger partial charge on any atom is -0.396 e. The average molecular weight is 331 g/mol. The quantitative estimate of drug-likeness (QED) is 0.309. The fourth-order valence-electron chi connectivity index (χ4n) is 3.38. The summed E-state index contributed by atoms with van der Waals surface area (Å²) < 4.78 is 12.5. The first-order valence-electron chi connectivity index (χ1n) is 9.88. The normalized spacial score (nSPS) is 14.0. The predicted molar refractivity (Wildman–Crippen MR) is 98.6 cm³/mol. The molecule has 0 rings (SSSR count). The van der Waals surface area contributed by atoms with Crippen molar-refractivity contribution in [2.24, 2.45) is 5.92 Å². The highest BCUT2D eigenvalue weighted by Gasteiger charge is 2.40. The molecule has 23 heavy (non-hydrogen) atoms. The molecule has 0 fully saturated rings. The van der Waals surface area contributed by atoms with Gasteiger partial charge < -0.3 is 14.6 Å². The summed E-state index contributed by atoms with van der Waals surface area (Å²) in [6.45, 7) is 12.8. The van der Waals surface area contributed by atoms with E-state index in [4.69, 9.17) is 9.47 Å². The van der Waals surface area contributed by atoms with Gasteiger partial charge in [0.05, 0.1) is 12.2 Å². The van der Waals surface area contributed by atoms with Gasteiger partial charge in [0.1, 0.15) is 0 Å². The van der Waals surface area contributed by atoms with Crippen LogP contribution in [0.15, 0.2) is 0 Å². The van der Waals surface area contributed by atoms with Gasteiger partial charge in [0.2, 0.25) is 0 Å². The van der Waals surface area contributed by atoms with Crippen molar-refractivity contribution in [1.82, 2.24) is 0 Å². The number of rotatable bonds is 15. The van der Waals surface area contributed by atoms with E-state index in [1.54, 1.807) is 0 Å². The van der Waals surface area contributed by atoms with Gasteiger partial charge >= 0.3 is 0 Å². The number of hydrogen-bond donors (Lipinski definition) is 1. The molecule has 0 bridgehead atoms. The molecule has 1 N–H and O–H groups in total. The van der Waals surface area contributed by atoms with Gasteiger partial charge in [0.15, 0.2) is 5.79 Å². The molecule has 0 radical (unpaired) electrons. The van der Waals surface area contributed by atoms with Crippen LogP contribution in [-0.2, 0) is 9.47 Å². The predicted octanol–water partition coefficient (Wildman–Crippen LogP) is 5.69. The van der Waals surface area contributed by atoms with Crippen LogP contribution in [0.5, 0.6) is 0 Å². The second-order valence-electron chi connectivity index (χ2n) is 7.26. The van der Waals surface area contributed by atoms with E-state index in [1.165, 1.54) is 38.5 Å². The number of aliphatic hydroxyl groups excluding tert-OH is 1. The Hall–Kier alpha value is -0.120. The smallest absolute Gasteiger partial charge is 0.171 e. The van der Waals surface area contributed by atoms with Crippen molar-refractivity contribution in [2.75, 3.05) is 6.61 Å². The van der Waals surface area contributed by atoms with Crippen molar-refractivity contribution in [3.8, 4) is 0 Å². The number of unbranched alkanes of at least 4 members (excludes halogenated alkanes) is 5. The summed E-state index contributed by atoms with van der Waals surface area (Å²) in [5.74, 6) is -0.303. The highest BCUT2D eigenvalue weighted by Crippen LogP contribution is 2.36. The van der Waals surface area contributed by atoms with Gasteiger partial charge in [-0.05, 0) is 47.0 Å². The lowest BCUT2D eigenvalue weighted by Crippen LogP contribution is -2.47. The Labute approximate surface area is 145 Å².